The van der Waals surface area contributed by atoms with Crippen molar-refractivity contribution in [3.63, 3.8) is 0 Å². The van der Waals surface area contributed by atoms with Crippen LogP contribution in [0.5, 0.6) is 0 Å². The smallest absolute Gasteiger partial charge is 0.226 e. The number of hydrogen-bond donors (Lipinski definition) is 1. The van der Waals surface area contributed by atoms with Gasteiger partial charge in [-0.3, -0.25) is 9.59 Å². The summed E-state index contributed by atoms with van der Waals surface area (Å²) >= 11 is 0. The van der Waals surface area contributed by atoms with Gasteiger partial charge in [0.15, 0.2) is 6.29 Å². The van der Waals surface area contributed by atoms with Crippen LogP contribution in [0.3, 0.4) is 0 Å². The van der Waals surface area contributed by atoms with E-state index in [-0.39, 0.29) is 5.91 Å². The molecule has 0 atom stereocenters. The molecular formula is C18H21N3O2. The normalized spacial score (nSPS) is 14.0. The number of amides is 1. The minimum absolute atomic E-state index is 0.0514. The van der Waals surface area contributed by atoms with Gasteiger partial charge < -0.3 is 14.8 Å². The Morgan fingerprint density at radius 3 is 2.57 bits per heavy atom. The Bertz CT molecular complexity index is 670. The SMILES string of the molecule is O=Cc1cccn1CCC(=O)Nc1ccc(N2CCCC2)cc1. The summed E-state index contributed by atoms with van der Waals surface area (Å²) in [4.78, 5) is 25.2. The third-order valence-electron chi connectivity index (χ3n) is 4.19. The van der Waals surface area contributed by atoms with E-state index in [9.17, 15) is 9.59 Å². The van der Waals surface area contributed by atoms with Crippen LogP contribution < -0.4 is 10.2 Å². The van der Waals surface area contributed by atoms with Gasteiger partial charge in [-0.15, -0.1) is 0 Å². The molecule has 1 aliphatic rings. The van der Waals surface area contributed by atoms with Crippen molar-refractivity contribution in [1.82, 2.24) is 4.57 Å². The van der Waals surface area contributed by atoms with Crippen LogP contribution in [-0.2, 0) is 11.3 Å². The Morgan fingerprint density at radius 2 is 1.87 bits per heavy atom. The molecule has 5 nitrogen and oxygen atoms in total. The number of nitrogens with zero attached hydrogens (tertiary/aromatic N) is 2. The van der Waals surface area contributed by atoms with Gasteiger partial charge in [0.25, 0.3) is 0 Å². The summed E-state index contributed by atoms with van der Waals surface area (Å²) in [5.74, 6) is -0.0514. The van der Waals surface area contributed by atoms with E-state index < -0.39 is 0 Å². The lowest BCUT2D eigenvalue weighted by Crippen LogP contribution is -2.18. The van der Waals surface area contributed by atoms with Gasteiger partial charge >= 0.3 is 0 Å². The van der Waals surface area contributed by atoms with Crippen LogP contribution in [0.4, 0.5) is 11.4 Å². The fourth-order valence-corrected chi connectivity index (χ4v) is 2.91. The Morgan fingerprint density at radius 1 is 1.13 bits per heavy atom. The molecule has 1 aliphatic heterocycles. The monoisotopic (exact) mass is 311 g/mol. The summed E-state index contributed by atoms with van der Waals surface area (Å²) < 4.78 is 1.78. The van der Waals surface area contributed by atoms with E-state index in [1.54, 1.807) is 16.7 Å². The zero-order valence-corrected chi connectivity index (χ0v) is 13.1. The van der Waals surface area contributed by atoms with Gasteiger partial charge in [-0.1, -0.05) is 0 Å². The first kappa shape index (κ1) is 15.3. The van der Waals surface area contributed by atoms with Crippen LogP contribution in [0, 0.1) is 0 Å². The second kappa shape index (κ2) is 7.13. The number of carbonyl (C=O) groups excluding carboxylic acids is 2. The van der Waals surface area contributed by atoms with Crippen LogP contribution in [0.2, 0.25) is 0 Å². The maximum absolute atomic E-state index is 12.0. The number of anilines is 2. The van der Waals surface area contributed by atoms with E-state index in [1.807, 2.05) is 18.3 Å². The van der Waals surface area contributed by atoms with Gasteiger partial charge in [-0.05, 0) is 49.2 Å². The molecule has 1 N–H and O–H groups in total. The van der Waals surface area contributed by atoms with Crippen LogP contribution in [0.1, 0.15) is 29.8 Å². The molecule has 1 aromatic carbocycles. The van der Waals surface area contributed by atoms with Gasteiger partial charge in [0.2, 0.25) is 5.91 Å². The molecule has 1 amide bonds. The van der Waals surface area contributed by atoms with Gasteiger partial charge in [0, 0.05) is 43.6 Å². The number of aromatic nitrogens is 1. The average Bonchev–Trinajstić information content (AvgIpc) is 3.25. The predicted octanol–water partition coefficient (Wildman–Crippen LogP) is 2.93. The largest absolute Gasteiger partial charge is 0.372 e. The molecule has 23 heavy (non-hydrogen) atoms. The highest BCUT2D eigenvalue weighted by molar-refractivity contribution is 5.90. The van der Waals surface area contributed by atoms with Crippen molar-refractivity contribution in [1.29, 1.82) is 0 Å². The standard InChI is InChI=1S/C18H21N3O2/c22-14-17-4-3-12-21(17)13-9-18(23)19-15-5-7-16(8-6-15)20-10-1-2-11-20/h3-8,12,14H,1-2,9-11,13H2,(H,19,23). The lowest BCUT2D eigenvalue weighted by molar-refractivity contribution is -0.116. The molecule has 5 heteroatoms. The van der Waals surface area contributed by atoms with Crippen molar-refractivity contribution in [2.45, 2.75) is 25.8 Å². The molecule has 1 aromatic heterocycles. The number of carbonyl (C=O) groups is 2. The molecule has 1 saturated heterocycles. The molecule has 2 aromatic rings. The second-order valence-electron chi connectivity index (χ2n) is 5.78. The Balaban J connectivity index is 1.52. The number of nitrogens with one attached hydrogen (secondary N) is 1. The van der Waals surface area contributed by atoms with Crippen molar-refractivity contribution in [2.75, 3.05) is 23.3 Å². The van der Waals surface area contributed by atoms with Crippen molar-refractivity contribution < 1.29 is 9.59 Å². The molecular weight excluding hydrogens is 290 g/mol. The summed E-state index contributed by atoms with van der Waals surface area (Å²) in [5, 5.41) is 2.90. The molecule has 120 valence electrons. The fourth-order valence-electron chi connectivity index (χ4n) is 2.91. The van der Waals surface area contributed by atoms with E-state index in [1.165, 1.54) is 18.5 Å². The van der Waals surface area contributed by atoms with Gasteiger partial charge in [0.05, 0.1) is 5.69 Å². The Labute approximate surface area is 135 Å². The van der Waals surface area contributed by atoms with Crippen LogP contribution in [0.15, 0.2) is 42.6 Å². The lowest BCUT2D eigenvalue weighted by atomic mass is 10.2. The first-order valence-electron chi connectivity index (χ1n) is 8.01. The summed E-state index contributed by atoms with van der Waals surface area (Å²) in [5.41, 5.74) is 2.61. The predicted molar refractivity (Wildman–Crippen MR) is 91.0 cm³/mol. The van der Waals surface area contributed by atoms with Crippen LogP contribution in [0.25, 0.3) is 0 Å². The second-order valence-corrected chi connectivity index (χ2v) is 5.78. The summed E-state index contributed by atoms with van der Waals surface area (Å²) in [7, 11) is 0. The molecule has 0 unspecified atom stereocenters. The third-order valence-corrected chi connectivity index (χ3v) is 4.19. The third kappa shape index (κ3) is 3.80. The molecule has 0 saturated carbocycles. The minimum atomic E-state index is -0.0514. The maximum atomic E-state index is 12.0. The van der Waals surface area contributed by atoms with Crippen molar-refractivity contribution in [3.8, 4) is 0 Å². The summed E-state index contributed by atoms with van der Waals surface area (Å²) in [6.07, 6.45) is 5.45. The minimum Gasteiger partial charge on any atom is -0.372 e. The van der Waals surface area contributed by atoms with Crippen LogP contribution in [-0.4, -0.2) is 29.8 Å². The molecule has 0 aliphatic carbocycles. The van der Waals surface area contributed by atoms with E-state index >= 15 is 0 Å². The quantitative estimate of drug-likeness (QED) is 0.835. The van der Waals surface area contributed by atoms with E-state index in [2.05, 4.69) is 22.3 Å². The van der Waals surface area contributed by atoms with E-state index in [4.69, 9.17) is 0 Å². The summed E-state index contributed by atoms with van der Waals surface area (Å²) in [6.45, 7) is 2.72. The molecule has 0 radical (unpaired) electrons. The van der Waals surface area contributed by atoms with Gasteiger partial charge in [-0.25, -0.2) is 0 Å². The molecule has 0 bridgehead atoms. The average molecular weight is 311 g/mol. The van der Waals surface area contributed by atoms with Crippen molar-refractivity contribution in [2.24, 2.45) is 0 Å². The zero-order valence-electron chi connectivity index (χ0n) is 13.1. The first-order chi connectivity index (χ1) is 11.3. The molecule has 1 fully saturated rings. The number of aryl methyl sites for hydroxylation is 1. The Hall–Kier alpha value is -2.56. The number of aldehydes is 1. The van der Waals surface area contributed by atoms with E-state index in [0.29, 0.717) is 18.7 Å². The zero-order chi connectivity index (χ0) is 16.1. The summed E-state index contributed by atoms with van der Waals surface area (Å²) in [6, 6.07) is 11.5. The number of hydrogen-bond acceptors (Lipinski definition) is 3. The van der Waals surface area contributed by atoms with Crippen molar-refractivity contribution >= 4 is 23.6 Å². The topological polar surface area (TPSA) is 54.3 Å². The molecule has 3 rings (SSSR count). The number of benzene rings is 1. The van der Waals surface area contributed by atoms with E-state index in [0.717, 1.165) is 25.1 Å². The molecule has 2 heterocycles. The lowest BCUT2D eigenvalue weighted by Gasteiger charge is -2.17. The highest BCUT2D eigenvalue weighted by atomic mass is 16.1. The highest BCUT2D eigenvalue weighted by Gasteiger charge is 2.12. The first-order valence-corrected chi connectivity index (χ1v) is 8.01. The highest BCUT2D eigenvalue weighted by Crippen LogP contribution is 2.22. The maximum Gasteiger partial charge on any atom is 0.226 e. The van der Waals surface area contributed by atoms with Gasteiger partial charge in [0.1, 0.15) is 0 Å². The fraction of sp³-hybridized carbons (Fsp3) is 0.333. The number of rotatable bonds is 6. The van der Waals surface area contributed by atoms with Crippen LogP contribution >= 0.6 is 0 Å². The van der Waals surface area contributed by atoms with Crippen molar-refractivity contribution in [3.05, 3.63) is 48.3 Å². The molecule has 0 spiro atoms. The van der Waals surface area contributed by atoms with Gasteiger partial charge in [-0.2, -0.15) is 0 Å². The Kier molecular flexibility index (Phi) is 4.76.